The number of ketones is 1. The molecular formula is C13H18O3. The van der Waals surface area contributed by atoms with Crippen LogP contribution in [0, 0.1) is 5.41 Å². The Labute approximate surface area is 96.2 Å². The summed E-state index contributed by atoms with van der Waals surface area (Å²) < 4.78 is 5.23. The molecule has 0 bridgehead atoms. The lowest BCUT2D eigenvalue weighted by Gasteiger charge is -2.30. The Balaban J connectivity index is 2.85. The second kappa shape index (κ2) is 4.64. The van der Waals surface area contributed by atoms with Crippen molar-refractivity contribution in [3.63, 3.8) is 0 Å². The van der Waals surface area contributed by atoms with Gasteiger partial charge in [0.25, 0.3) is 0 Å². The molecule has 0 spiro atoms. The van der Waals surface area contributed by atoms with Crippen molar-refractivity contribution in [2.45, 2.75) is 40.0 Å². The summed E-state index contributed by atoms with van der Waals surface area (Å²) >= 11 is 0. The van der Waals surface area contributed by atoms with Gasteiger partial charge in [0.05, 0.1) is 0 Å². The molecule has 0 saturated heterocycles. The lowest BCUT2D eigenvalue weighted by molar-refractivity contribution is -0.141. The zero-order valence-electron chi connectivity index (χ0n) is 10.1. The number of rotatable bonds is 3. The Hall–Kier alpha value is -1.38. The quantitative estimate of drug-likeness (QED) is 0.544. The van der Waals surface area contributed by atoms with Gasteiger partial charge in [0.15, 0.2) is 5.78 Å². The van der Waals surface area contributed by atoms with E-state index < -0.39 is 0 Å². The number of esters is 1. The maximum atomic E-state index is 11.5. The molecule has 0 amide bonds. The maximum absolute atomic E-state index is 11.5. The van der Waals surface area contributed by atoms with Crippen molar-refractivity contribution in [2.24, 2.45) is 5.41 Å². The monoisotopic (exact) mass is 222 g/mol. The second-order valence-electron chi connectivity index (χ2n) is 4.76. The molecule has 0 aromatic carbocycles. The summed E-state index contributed by atoms with van der Waals surface area (Å²) in [6, 6.07) is 0. The van der Waals surface area contributed by atoms with Crippen LogP contribution in [-0.2, 0) is 14.3 Å². The van der Waals surface area contributed by atoms with E-state index in [4.69, 9.17) is 4.74 Å². The number of ether oxygens (including phenoxy) is 1. The van der Waals surface area contributed by atoms with Gasteiger partial charge in [-0.25, -0.2) is 0 Å². The summed E-state index contributed by atoms with van der Waals surface area (Å²) in [6.07, 6.45) is 3.05. The van der Waals surface area contributed by atoms with Crippen LogP contribution < -0.4 is 0 Å². The van der Waals surface area contributed by atoms with Crippen LogP contribution in [-0.4, -0.2) is 11.8 Å². The van der Waals surface area contributed by atoms with Crippen molar-refractivity contribution in [3.8, 4) is 0 Å². The number of carbonyl (C=O) groups excluding carboxylic acids is 2. The normalized spacial score (nSPS) is 19.3. The molecule has 0 saturated carbocycles. The van der Waals surface area contributed by atoms with Crippen molar-refractivity contribution in [2.75, 3.05) is 0 Å². The first-order valence-electron chi connectivity index (χ1n) is 5.52. The van der Waals surface area contributed by atoms with Gasteiger partial charge in [0.2, 0.25) is 0 Å². The van der Waals surface area contributed by atoms with Crippen LogP contribution in [0.4, 0.5) is 0 Å². The van der Waals surface area contributed by atoms with Gasteiger partial charge >= 0.3 is 5.97 Å². The van der Waals surface area contributed by atoms with Crippen molar-refractivity contribution >= 4 is 11.8 Å². The Bertz CT molecular complexity index is 361. The lowest BCUT2D eigenvalue weighted by Crippen LogP contribution is -2.26. The van der Waals surface area contributed by atoms with Gasteiger partial charge in [0.1, 0.15) is 5.76 Å². The third kappa shape index (κ3) is 2.81. The molecule has 0 fully saturated rings. The fourth-order valence-electron chi connectivity index (χ4n) is 1.67. The van der Waals surface area contributed by atoms with Crippen molar-refractivity contribution in [1.82, 2.24) is 0 Å². The van der Waals surface area contributed by atoms with E-state index in [0.717, 1.165) is 6.42 Å². The van der Waals surface area contributed by atoms with E-state index in [1.165, 1.54) is 6.08 Å². The number of hydrogen-bond acceptors (Lipinski definition) is 3. The minimum Gasteiger partial charge on any atom is -0.430 e. The Kier molecular flexibility index (Phi) is 3.68. The number of hydrogen-bond donors (Lipinski definition) is 0. The van der Waals surface area contributed by atoms with E-state index in [2.05, 4.69) is 6.58 Å². The fourth-order valence-corrected chi connectivity index (χ4v) is 1.67. The predicted octanol–water partition coefficient (Wildman–Crippen LogP) is 2.77. The molecule has 0 heterocycles. The summed E-state index contributed by atoms with van der Waals surface area (Å²) in [5.74, 6) is 0.0455. The van der Waals surface area contributed by atoms with E-state index >= 15 is 0 Å². The molecule has 1 aliphatic carbocycles. The first kappa shape index (κ1) is 12.7. The Morgan fingerprint density at radius 2 is 2.19 bits per heavy atom. The summed E-state index contributed by atoms with van der Waals surface area (Å²) in [7, 11) is 0. The molecule has 0 radical (unpaired) electrons. The molecule has 1 aliphatic rings. The topological polar surface area (TPSA) is 43.4 Å². The standard InChI is InChI=1S/C13H18O3/c1-5-6-12(15)16-11-7-10(14)9(2)8-13(11,3)4/h7H,2,5-6,8H2,1,3-4H3. The van der Waals surface area contributed by atoms with E-state index in [1.807, 2.05) is 20.8 Å². The zero-order chi connectivity index (χ0) is 12.3. The predicted molar refractivity (Wildman–Crippen MR) is 61.6 cm³/mol. The summed E-state index contributed by atoms with van der Waals surface area (Å²) in [6.45, 7) is 9.50. The minimum absolute atomic E-state index is 0.140. The molecule has 0 aromatic heterocycles. The molecule has 3 nitrogen and oxygen atoms in total. The largest absolute Gasteiger partial charge is 0.430 e. The number of allylic oxidation sites excluding steroid dienone is 3. The molecule has 0 aromatic rings. The smallest absolute Gasteiger partial charge is 0.310 e. The zero-order valence-corrected chi connectivity index (χ0v) is 10.1. The van der Waals surface area contributed by atoms with E-state index in [-0.39, 0.29) is 17.2 Å². The van der Waals surface area contributed by atoms with E-state index in [1.54, 1.807) is 0 Å². The van der Waals surface area contributed by atoms with Crippen LogP contribution in [0.3, 0.4) is 0 Å². The summed E-state index contributed by atoms with van der Waals surface area (Å²) in [5.41, 5.74) is 0.245. The molecule has 0 N–H and O–H groups in total. The van der Waals surface area contributed by atoms with Gasteiger partial charge in [-0.3, -0.25) is 9.59 Å². The minimum atomic E-state index is -0.325. The van der Waals surface area contributed by atoms with Gasteiger partial charge in [-0.1, -0.05) is 27.4 Å². The van der Waals surface area contributed by atoms with Crippen LogP contribution in [0.2, 0.25) is 0 Å². The average molecular weight is 222 g/mol. The third-order valence-electron chi connectivity index (χ3n) is 2.61. The van der Waals surface area contributed by atoms with E-state index in [9.17, 15) is 9.59 Å². The first-order valence-corrected chi connectivity index (χ1v) is 5.52. The maximum Gasteiger partial charge on any atom is 0.310 e. The van der Waals surface area contributed by atoms with E-state index in [0.29, 0.717) is 24.2 Å². The van der Waals surface area contributed by atoms with Crippen LogP contribution >= 0.6 is 0 Å². The SMILES string of the molecule is C=C1CC(C)(C)C(OC(=O)CCC)=CC1=O. The van der Waals surface area contributed by atoms with Crippen LogP contribution in [0.15, 0.2) is 24.0 Å². The highest BCUT2D eigenvalue weighted by molar-refractivity contribution is 6.05. The van der Waals surface area contributed by atoms with Gasteiger partial charge in [-0.05, 0) is 18.4 Å². The second-order valence-corrected chi connectivity index (χ2v) is 4.76. The van der Waals surface area contributed by atoms with Gasteiger partial charge in [-0.2, -0.15) is 0 Å². The highest BCUT2D eigenvalue weighted by Gasteiger charge is 2.33. The molecule has 16 heavy (non-hydrogen) atoms. The molecule has 0 aliphatic heterocycles. The number of carbonyl (C=O) groups is 2. The molecule has 88 valence electrons. The van der Waals surface area contributed by atoms with Crippen molar-refractivity contribution in [1.29, 1.82) is 0 Å². The van der Waals surface area contributed by atoms with Gasteiger partial charge < -0.3 is 4.74 Å². The molecule has 3 heteroatoms. The average Bonchev–Trinajstić information content (AvgIpc) is 2.14. The lowest BCUT2D eigenvalue weighted by atomic mass is 9.78. The van der Waals surface area contributed by atoms with Gasteiger partial charge in [-0.15, -0.1) is 0 Å². The van der Waals surface area contributed by atoms with Gasteiger partial charge in [0, 0.05) is 17.9 Å². The molecule has 1 rings (SSSR count). The van der Waals surface area contributed by atoms with Crippen LogP contribution in [0.1, 0.15) is 40.0 Å². The molecule has 0 atom stereocenters. The summed E-state index contributed by atoms with van der Waals surface area (Å²) in [5, 5.41) is 0. The summed E-state index contributed by atoms with van der Waals surface area (Å²) in [4.78, 5) is 22.9. The van der Waals surface area contributed by atoms with Crippen LogP contribution in [0.25, 0.3) is 0 Å². The van der Waals surface area contributed by atoms with Crippen molar-refractivity contribution in [3.05, 3.63) is 24.0 Å². The first-order chi connectivity index (χ1) is 7.36. The highest BCUT2D eigenvalue weighted by Crippen LogP contribution is 2.38. The Morgan fingerprint density at radius 1 is 1.56 bits per heavy atom. The fraction of sp³-hybridized carbons (Fsp3) is 0.538. The molecular weight excluding hydrogens is 204 g/mol. The van der Waals surface area contributed by atoms with Crippen LogP contribution in [0.5, 0.6) is 0 Å². The Morgan fingerprint density at radius 3 is 2.75 bits per heavy atom. The van der Waals surface area contributed by atoms with Crippen molar-refractivity contribution < 1.29 is 14.3 Å². The highest BCUT2D eigenvalue weighted by atomic mass is 16.5. The molecule has 0 unspecified atom stereocenters. The third-order valence-corrected chi connectivity index (χ3v) is 2.61.